The van der Waals surface area contributed by atoms with Crippen LogP contribution in [0, 0.1) is 5.92 Å². The van der Waals surface area contributed by atoms with Crippen LogP contribution in [0.15, 0.2) is 47.5 Å². The average molecular weight is 401 g/mol. The van der Waals surface area contributed by atoms with Crippen LogP contribution >= 0.6 is 15.9 Å². The van der Waals surface area contributed by atoms with E-state index in [1.54, 1.807) is 18.5 Å². The van der Waals surface area contributed by atoms with Crippen LogP contribution in [-0.4, -0.2) is 27.0 Å². The Kier molecular flexibility index (Phi) is 5.48. The standard InChI is InChI=1S/C19H21BrN4O/c1-13(2)11-24-12-14(17-4-3-6-22-18(17)24)5-7-23-19(25)15-8-16(20)10-21-9-15/h3-4,6,8-10,12-13H,5,7,11H2,1-2H3,(H,23,25). The third kappa shape index (κ3) is 4.25. The molecular weight excluding hydrogens is 380 g/mol. The third-order valence-corrected chi connectivity index (χ3v) is 4.36. The Morgan fingerprint density at radius 2 is 2.20 bits per heavy atom. The Bertz CT molecular complexity index is 888. The zero-order valence-electron chi connectivity index (χ0n) is 14.4. The molecule has 3 rings (SSSR count). The zero-order chi connectivity index (χ0) is 17.8. The molecule has 25 heavy (non-hydrogen) atoms. The van der Waals surface area contributed by atoms with Crippen molar-refractivity contribution in [2.45, 2.75) is 26.8 Å². The Morgan fingerprint density at radius 1 is 1.36 bits per heavy atom. The van der Waals surface area contributed by atoms with Crippen LogP contribution in [0.1, 0.15) is 29.8 Å². The Morgan fingerprint density at radius 3 is 2.96 bits per heavy atom. The molecule has 130 valence electrons. The fourth-order valence-electron chi connectivity index (χ4n) is 2.88. The van der Waals surface area contributed by atoms with Crippen molar-refractivity contribution in [3.05, 3.63) is 58.6 Å². The van der Waals surface area contributed by atoms with E-state index < -0.39 is 0 Å². The summed E-state index contributed by atoms with van der Waals surface area (Å²) in [5.74, 6) is 0.437. The van der Waals surface area contributed by atoms with Crippen LogP contribution < -0.4 is 5.32 Å². The number of nitrogens with zero attached hydrogens (tertiary/aromatic N) is 3. The second kappa shape index (κ2) is 7.78. The van der Waals surface area contributed by atoms with Gasteiger partial charge >= 0.3 is 0 Å². The number of amides is 1. The number of hydrogen-bond donors (Lipinski definition) is 1. The summed E-state index contributed by atoms with van der Waals surface area (Å²) in [4.78, 5) is 20.8. The fourth-order valence-corrected chi connectivity index (χ4v) is 3.24. The molecule has 3 aromatic heterocycles. The number of carbonyl (C=O) groups is 1. The largest absolute Gasteiger partial charge is 0.352 e. The van der Waals surface area contributed by atoms with Crippen molar-refractivity contribution in [3.63, 3.8) is 0 Å². The molecule has 0 atom stereocenters. The number of pyridine rings is 2. The van der Waals surface area contributed by atoms with Gasteiger partial charge in [-0.2, -0.15) is 0 Å². The van der Waals surface area contributed by atoms with E-state index in [1.807, 2.05) is 12.3 Å². The molecule has 6 heteroatoms. The summed E-state index contributed by atoms with van der Waals surface area (Å²) < 4.78 is 3.00. The number of aromatic nitrogens is 3. The summed E-state index contributed by atoms with van der Waals surface area (Å²) in [6.45, 7) is 5.89. The Labute approximate surface area is 155 Å². The number of fused-ring (bicyclic) bond motifs is 1. The van der Waals surface area contributed by atoms with E-state index in [-0.39, 0.29) is 5.91 Å². The lowest BCUT2D eigenvalue weighted by Crippen LogP contribution is -2.25. The summed E-state index contributed by atoms with van der Waals surface area (Å²) in [7, 11) is 0. The molecule has 0 radical (unpaired) electrons. The summed E-state index contributed by atoms with van der Waals surface area (Å²) in [6, 6.07) is 5.81. The molecule has 0 aliphatic carbocycles. The maximum Gasteiger partial charge on any atom is 0.252 e. The zero-order valence-corrected chi connectivity index (χ0v) is 16.0. The molecule has 0 aliphatic rings. The number of halogens is 1. The van der Waals surface area contributed by atoms with Gasteiger partial charge in [-0.1, -0.05) is 13.8 Å². The highest BCUT2D eigenvalue weighted by molar-refractivity contribution is 9.10. The smallest absolute Gasteiger partial charge is 0.252 e. The van der Waals surface area contributed by atoms with E-state index >= 15 is 0 Å². The second-order valence-electron chi connectivity index (χ2n) is 6.47. The maximum absolute atomic E-state index is 12.2. The van der Waals surface area contributed by atoms with E-state index in [1.165, 1.54) is 5.56 Å². The van der Waals surface area contributed by atoms with Crippen molar-refractivity contribution in [2.75, 3.05) is 6.54 Å². The summed E-state index contributed by atoms with van der Waals surface area (Å²) in [6.07, 6.45) is 7.97. The van der Waals surface area contributed by atoms with Crippen LogP contribution in [0.5, 0.6) is 0 Å². The molecule has 0 saturated carbocycles. The van der Waals surface area contributed by atoms with Crippen molar-refractivity contribution in [1.82, 2.24) is 19.9 Å². The van der Waals surface area contributed by atoms with Crippen molar-refractivity contribution in [2.24, 2.45) is 5.92 Å². The number of nitrogens with one attached hydrogen (secondary N) is 1. The molecule has 0 bridgehead atoms. The minimum absolute atomic E-state index is 0.113. The Balaban J connectivity index is 1.70. The number of carbonyl (C=O) groups excluding carboxylic acids is 1. The van der Waals surface area contributed by atoms with E-state index in [9.17, 15) is 4.79 Å². The van der Waals surface area contributed by atoms with Crippen LogP contribution in [-0.2, 0) is 13.0 Å². The molecular formula is C19H21BrN4O. The van der Waals surface area contributed by atoms with Crippen molar-refractivity contribution >= 4 is 32.9 Å². The molecule has 1 N–H and O–H groups in total. The lowest BCUT2D eigenvalue weighted by molar-refractivity contribution is 0.0953. The topological polar surface area (TPSA) is 59.8 Å². The van der Waals surface area contributed by atoms with Gasteiger partial charge in [-0.25, -0.2) is 4.98 Å². The highest BCUT2D eigenvalue weighted by Crippen LogP contribution is 2.21. The summed E-state index contributed by atoms with van der Waals surface area (Å²) in [5, 5.41) is 4.11. The SMILES string of the molecule is CC(C)Cn1cc(CCNC(=O)c2cncc(Br)c2)c2cccnc21. The first-order valence-corrected chi connectivity index (χ1v) is 9.15. The van der Waals surface area contributed by atoms with Crippen LogP contribution in [0.3, 0.4) is 0 Å². The highest BCUT2D eigenvalue weighted by atomic mass is 79.9. The molecule has 3 heterocycles. The van der Waals surface area contributed by atoms with Gasteiger partial charge in [0.15, 0.2) is 0 Å². The maximum atomic E-state index is 12.2. The monoisotopic (exact) mass is 400 g/mol. The van der Waals surface area contributed by atoms with Gasteiger partial charge in [0, 0.05) is 47.7 Å². The predicted octanol–water partition coefficient (Wildman–Crippen LogP) is 3.82. The highest BCUT2D eigenvalue weighted by Gasteiger charge is 2.11. The van der Waals surface area contributed by atoms with Gasteiger partial charge in [-0.3, -0.25) is 9.78 Å². The van der Waals surface area contributed by atoms with Gasteiger partial charge in [0.1, 0.15) is 5.65 Å². The van der Waals surface area contributed by atoms with Gasteiger partial charge in [0.2, 0.25) is 0 Å². The van der Waals surface area contributed by atoms with Gasteiger partial charge in [-0.15, -0.1) is 0 Å². The molecule has 1 amide bonds. The van der Waals surface area contributed by atoms with Gasteiger partial charge < -0.3 is 9.88 Å². The van der Waals surface area contributed by atoms with Crippen LogP contribution in [0.25, 0.3) is 11.0 Å². The lowest BCUT2D eigenvalue weighted by Gasteiger charge is -2.07. The molecule has 0 aliphatic heterocycles. The van der Waals surface area contributed by atoms with Crippen molar-refractivity contribution in [1.29, 1.82) is 0 Å². The predicted molar refractivity (Wildman–Crippen MR) is 103 cm³/mol. The average Bonchev–Trinajstić information content (AvgIpc) is 2.92. The molecule has 0 spiro atoms. The lowest BCUT2D eigenvalue weighted by atomic mass is 10.1. The first kappa shape index (κ1) is 17.6. The Hall–Kier alpha value is -2.21. The minimum Gasteiger partial charge on any atom is -0.352 e. The fraction of sp³-hybridized carbons (Fsp3) is 0.316. The quantitative estimate of drug-likeness (QED) is 0.683. The minimum atomic E-state index is -0.113. The van der Waals surface area contributed by atoms with Gasteiger partial charge in [0.05, 0.1) is 5.56 Å². The van der Waals surface area contributed by atoms with E-state index in [4.69, 9.17) is 0 Å². The molecule has 0 saturated heterocycles. The van der Waals surface area contributed by atoms with Crippen molar-refractivity contribution in [3.8, 4) is 0 Å². The third-order valence-electron chi connectivity index (χ3n) is 3.93. The van der Waals surface area contributed by atoms with E-state index in [0.29, 0.717) is 18.0 Å². The van der Waals surface area contributed by atoms with Gasteiger partial charge in [0.25, 0.3) is 5.91 Å². The molecule has 0 unspecified atom stereocenters. The second-order valence-corrected chi connectivity index (χ2v) is 7.39. The van der Waals surface area contributed by atoms with Crippen LogP contribution in [0.4, 0.5) is 0 Å². The molecule has 5 nitrogen and oxygen atoms in total. The summed E-state index contributed by atoms with van der Waals surface area (Å²) in [5.41, 5.74) is 2.77. The molecule has 0 fully saturated rings. The summed E-state index contributed by atoms with van der Waals surface area (Å²) >= 11 is 3.33. The van der Waals surface area contributed by atoms with E-state index in [0.717, 1.165) is 28.5 Å². The van der Waals surface area contributed by atoms with Crippen LogP contribution in [0.2, 0.25) is 0 Å². The first-order valence-electron chi connectivity index (χ1n) is 8.36. The van der Waals surface area contributed by atoms with E-state index in [2.05, 4.69) is 61.9 Å². The normalized spacial score (nSPS) is 11.2. The first-order chi connectivity index (χ1) is 12.0. The molecule has 0 aromatic carbocycles. The number of hydrogen-bond acceptors (Lipinski definition) is 3. The molecule has 3 aromatic rings. The van der Waals surface area contributed by atoms with Crippen molar-refractivity contribution < 1.29 is 4.79 Å². The number of rotatable bonds is 6. The van der Waals surface area contributed by atoms with Gasteiger partial charge in [-0.05, 0) is 52.0 Å².